The van der Waals surface area contributed by atoms with Crippen LogP contribution in [0.15, 0.2) is 12.1 Å². The maximum Gasteiger partial charge on any atom is 0.410 e. The summed E-state index contributed by atoms with van der Waals surface area (Å²) >= 11 is 6.11. The highest BCUT2D eigenvalue weighted by molar-refractivity contribution is 6.28. The zero-order valence-electron chi connectivity index (χ0n) is 16.8. The molecular weight excluding hydrogens is 380 g/mol. The van der Waals surface area contributed by atoms with Crippen LogP contribution in [0.4, 0.5) is 16.4 Å². The SMILES string of the molecule is Cc1cc(Nc2cc(CC3CCN(C(=O)OC(C)(C)C)CC3)nc(Cl)n2)n[nH]1. The van der Waals surface area contributed by atoms with Gasteiger partial charge >= 0.3 is 6.09 Å². The van der Waals surface area contributed by atoms with Crippen molar-refractivity contribution >= 4 is 29.3 Å². The first-order valence-corrected chi connectivity index (χ1v) is 9.86. The van der Waals surface area contributed by atoms with Crippen molar-refractivity contribution < 1.29 is 9.53 Å². The number of carbonyl (C=O) groups excluding carboxylic acids is 1. The summed E-state index contributed by atoms with van der Waals surface area (Å²) in [6.07, 6.45) is 2.36. The molecule has 1 aliphatic heterocycles. The first-order valence-electron chi connectivity index (χ1n) is 9.48. The summed E-state index contributed by atoms with van der Waals surface area (Å²) in [5.74, 6) is 1.74. The molecule has 2 N–H and O–H groups in total. The van der Waals surface area contributed by atoms with Crippen LogP contribution in [0.1, 0.15) is 45.0 Å². The molecule has 0 radical (unpaired) electrons. The van der Waals surface area contributed by atoms with Crippen molar-refractivity contribution in [1.82, 2.24) is 25.1 Å². The first kappa shape index (κ1) is 20.4. The van der Waals surface area contributed by atoms with E-state index in [1.165, 1.54) is 0 Å². The Balaban J connectivity index is 1.57. The van der Waals surface area contributed by atoms with Crippen molar-refractivity contribution in [3.8, 4) is 0 Å². The fourth-order valence-electron chi connectivity index (χ4n) is 3.19. The number of likely N-dealkylation sites (tertiary alicyclic amines) is 1. The fraction of sp³-hybridized carbons (Fsp3) is 0.579. The molecule has 0 bridgehead atoms. The van der Waals surface area contributed by atoms with E-state index < -0.39 is 5.60 Å². The highest BCUT2D eigenvalue weighted by atomic mass is 35.5. The third-order valence-electron chi connectivity index (χ3n) is 4.48. The Morgan fingerprint density at radius 3 is 2.61 bits per heavy atom. The minimum atomic E-state index is -0.470. The predicted octanol–water partition coefficient (Wildman–Crippen LogP) is 4.09. The number of aromatic amines is 1. The Bertz CT molecular complexity index is 824. The number of halogens is 1. The normalized spacial score (nSPS) is 15.5. The van der Waals surface area contributed by atoms with E-state index in [-0.39, 0.29) is 11.4 Å². The van der Waals surface area contributed by atoms with Gasteiger partial charge in [-0.1, -0.05) is 0 Å². The predicted molar refractivity (Wildman–Crippen MR) is 108 cm³/mol. The molecule has 1 fully saturated rings. The Morgan fingerprint density at radius 2 is 2.00 bits per heavy atom. The molecule has 0 unspecified atom stereocenters. The monoisotopic (exact) mass is 406 g/mol. The first-order chi connectivity index (χ1) is 13.2. The fourth-order valence-corrected chi connectivity index (χ4v) is 3.39. The van der Waals surface area contributed by atoms with Crippen LogP contribution < -0.4 is 5.32 Å². The number of anilines is 2. The lowest BCUT2D eigenvalue weighted by Gasteiger charge is -2.33. The highest BCUT2D eigenvalue weighted by Gasteiger charge is 2.27. The van der Waals surface area contributed by atoms with Gasteiger partial charge in [0.05, 0.1) is 0 Å². The molecule has 0 saturated carbocycles. The van der Waals surface area contributed by atoms with Crippen LogP contribution in [0, 0.1) is 12.8 Å². The van der Waals surface area contributed by atoms with Crippen molar-refractivity contribution in [2.75, 3.05) is 18.4 Å². The number of ether oxygens (including phenoxy) is 1. The summed E-state index contributed by atoms with van der Waals surface area (Å²) in [5.41, 5.74) is 1.37. The van der Waals surface area contributed by atoms with E-state index >= 15 is 0 Å². The zero-order valence-corrected chi connectivity index (χ0v) is 17.5. The van der Waals surface area contributed by atoms with Gasteiger partial charge in [-0.2, -0.15) is 5.10 Å². The summed E-state index contributed by atoms with van der Waals surface area (Å²) in [5, 5.41) is 10.4. The number of hydrogen-bond donors (Lipinski definition) is 2. The lowest BCUT2D eigenvalue weighted by atomic mass is 9.92. The molecule has 9 heteroatoms. The van der Waals surface area contributed by atoms with Gasteiger partial charge < -0.3 is 15.0 Å². The molecule has 2 aromatic rings. The Labute approximate surface area is 170 Å². The molecule has 0 aliphatic carbocycles. The summed E-state index contributed by atoms with van der Waals surface area (Å²) in [6.45, 7) is 8.96. The Morgan fingerprint density at radius 1 is 1.29 bits per heavy atom. The van der Waals surface area contributed by atoms with E-state index in [0.717, 1.165) is 30.7 Å². The molecule has 0 spiro atoms. The van der Waals surface area contributed by atoms with Crippen LogP contribution in [-0.4, -0.2) is 49.8 Å². The molecular formula is C19H27ClN6O2. The van der Waals surface area contributed by atoms with Gasteiger partial charge in [-0.3, -0.25) is 5.10 Å². The number of amides is 1. The number of H-pyrrole nitrogens is 1. The van der Waals surface area contributed by atoms with E-state index in [4.69, 9.17) is 16.3 Å². The van der Waals surface area contributed by atoms with Gasteiger partial charge in [-0.05, 0) is 64.5 Å². The Hall–Kier alpha value is -2.35. The number of rotatable bonds is 4. The maximum atomic E-state index is 12.2. The van der Waals surface area contributed by atoms with Crippen LogP contribution in [0.2, 0.25) is 5.28 Å². The quantitative estimate of drug-likeness (QED) is 0.742. The van der Waals surface area contributed by atoms with Crippen LogP contribution in [0.3, 0.4) is 0 Å². The molecule has 0 aromatic carbocycles. The number of nitrogens with one attached hydrogen (secondary N) is 2. The largest absolute Gasteiger partial charge is 0.444 e. The van der Waals surface area contributed by atoms with Crippen LogP contribution >= 0.6 is 11.6 Å². The third-order valence-corrected chi connectivity index (χ3v) is 4.65. The summed E-state index contributed by atoms with van der Waals surface area (Å²) in [4.78, 5) is 22.6. The number of nitrogens with zero attached hydrogens (tertiary/aromatic N) is 4. The highest BCUT2D eigenvalue weighted by Crippen LogP contribution is 2.24. The Kier molecular flexibility index (Phi) is 6.07. The standard InChI is InChI=1S/C19H27ClN6O2/c1-12-9-16(25-24-12)22-15-11-14(21-17(20)23-15)10-13-5-7-26(8-6-13)18(27)28-19(2,3)4/h9,11,13H,5-8,10H2,1-4H3,(H2,21,22,23,24,25). The zero-order chi connectivity index (χ0) is 20.3. The maximum absolute atomic E-state index is 12.2. The second kappa shape index (κ2) is 8.34. The number of hydrogen-bond acceptors (Lipinski definition) is 6. The molecule has 1 saturated heterocycles. The van der Waals surface area contributed by atoms with Crippen LogP contribution in [0.5, 0.6) is 0 Å². The lowest BCUT2D eigenvalue weighted by molar-refractivity contribution is 0.0184. The molecule has 1 aliphatic rings. The van der Waals surface area contributed by atoms with Gasteiger partial charge in [0.25, 0.3) is 0 Å². The van der Waals surface area contributed by atoms with Crippen molar-refractivity contribution in [2.45, 2.75) is 52.6 Å². The van der Waals surface area contributed by atoms with E-state index in [1.54, 1.807) is 4.90 Å². The number of aryl methyl sites for hydroxylation is 1. The smallest absolute Gasteiger partial charge is 0.410 e. The molecule has 152 valence electrons. The number of piperidine rings is 1. The molecule has 3 rings (SSSR count). The molecule has 8 nitrogen and oxygen atoms in total. The molecule has 28 heavy (non-hydrogen) atoms. The summed E-state index contributed by atoms with van der Waals surface area (Å²) in [7, 11) is 0. The molecule has 3 heterocycles. The van der Waals surface area contributed by atoms with Crippen molar-refractivity contribution in [2.24, 2.45) is 5.92 Å². The minimum absolute atomic E-state index is 0.207. The van der Waals surface area contributed by atoms with Crippen LogP contribution in [-0.2, 0) is 11.2 Å². The molecule has 0 atom stereocenters. The van der Waals surface area contributed by atoms with Gasteiger partial charge in [0.2, 0.25) is 5.28 Å². The minimum Gasteiger partial charge on any atom is -0.444 e. The second-order valence-electron chi connectivity index (χ2n) is 8.19. The van der Waals surface area contributed by atoms with Crippen molar-refractivity contribution in [3.05, 3.63) is 28.8 Å². The lowest BCUT2D eigenvalue weighted by Crippen LogP contribution is -2.42. The average Bonchev–Trinajstić information content (AvgIpc) is 2.98. The van der Waals surface area contributed by atoms with Gasteiger partial charge in [-0.25, -0.2) is 14.8 Å². The van der Waals surface area contributed by atoms with E-state index in [0.29, 0.717) is 30.6 Å². The van der Waals surface area contributed by atoms with E-state index in [9.17, 15) is 4.79 Å². The van der Waals surface area contributed by atoms with Gasteiger partial charge in [0.15, 0.2) is 5.82 Å². The van der Waals surface area contributed by atoms with Crippen LogP contribution in [0.25, 0.3) is 0 Å². The van der Waals surface area contributed by atoms with Gasteiger partial charge in [0, 0.05) is 36.6 Å². The van der Waals surface area contributed by atoms with Crippen molar-refractivity contribution in [3.63, 3.8) is 0 Å². The average molecular weight is 407 g/mol. The number of aromatic nitrogens is 4. The second-order valence-corrected chi connectivity index (χ2v) is 8.53. The third kappa shape index (κ3) is 5.82. The van der Waals surface area contributed by atoms with Crippen molar-refractivity contribution in [1.29, 1.82) is 0 Å². The van der Waals surface area contributed by atoms with E-state index in [2.05, 4.69) is 25.5 Å². The summed E-state index contributed by atoms with van der Waals surface area (Å²) < 4.78 is 5.45. The summed E-state index contributed by atoms with van der Waals surface area (Å²) in [6, 6.07) is 3.79. The van der Waals surface area contributed by atoms with Gasteiger partial charge in [0.1, 0.15) is 11.4 Å². The van der Waals surface area contributed by atoms with E-state index in [1.807, 2.05) is 39.8 Å². The molecule has 2 aromatic heterocycles. The van der Waals surface area contributed by atoms with Gasteiger partial charge in [-0.15, -0.1) is 0 Å². The molecule has 1 amide bonds. The number of carbonyl (C=O) groups is 1. The topological polar surface area (TPSA) is 96.0 Å².